The molecule has 0 saturated carbocycles. The largest absolute Gasteiger partial charge is 0.325 e. The summed E-state index contributed by atoms with van der Waals surface area (Å²) in [6.45, 7) is 8.09. The number of aryl methyl sites for hydroxylation is 1. The zero-order valence-corrected chi connectivity index (χ0v) is 12.9. The number of rotatable bonds is 6. The molecular weight excluding hydrogens is 284 g/mol. The van der Waals surface area contributed by atoms with E-state index in [2.05, 4.69) is 22.1 Å². The summed E-state index contributed by atoms with van der Waals surface area (Å²) >= 11 is 1.39. The van der Waals surface area contributed by atoms with Gasteiger partial charge < -0.3 is 9.88 Å². The van der Waals surface area contributed by atoms with Gasteiger partial charge in [-0.1, -0.05) is 36.0 Å². The molecule has 1 heterocycles. The molecule has 0 spiro atoms. The Morgan fingerprint density at radius 1 is 1.43 bits per heavy atom. The van der Waals surface area contributed by atoms with E-state index in [1.807, 2.05) is 48.7 Å². The molecule has 1 unspecified atom stereocenters. The van der Waals surface area contributed by atoms with Gasteiger partial charge in [0.25, 0.3) is 0 Å². The Morgan fingerprint density at radius 2 is 2.14 bits per heavy atom. The van der Waals surface area contributed by atoms with Crippen LogP contribution in [0.4, 0.5) is 5.69 Å². The van der Waals surface area contributed by atoms with Crippen molar-refractivity contribution in [1.29, 1.82) is 0 Å². The van der Waals surface area contributed by atoms with Crippen LogP contribution in [0.15, 0.2) is 48.1 Å². The van der Waals surface area contributed by atoms with Gasteiger partial charge in [-0.25, -0.2) is 0 Å². The summed E-state index contributed by atoms with van der Waals surface area (Å²) in [5, 5.41) is 11.5. The van der Waals surface area contributed by atoms with Gasteiger partial charge in [0, 0.05) is 12.2 Å². The van der Waals surface area contributed by atoms with Gasteiger partial charge in [0.2, 0.25) is 5.91 Å². The average molecular weight is 302 g/mol. The Labute approximate surface area is 128 Å². The van der Waals surface area contributed by atoms with Gasteiger partial charge in [-0.3, -0.25) is 4.79 Å². The van der Waals surface area contributed by atoms with E-state index < -0.39 is 0 Å². The number of aromatic nitrogens is 3. The van der Waals surface area contributed by atoms with Gasteiger partial charge >= 0.3 is 0 Å². The second-order valence-electron chi connectivity index (χ2n) is 4.54. The Morgan fingerprint density at radius 3 is 2.81 bits per heavy atom. The molecule has 0 aliphatic rings. The summed E-state index contributed by atoms with van der Waals surface area (Å²) in [7, 11) is 0. The Balaban J connectivity index is 2.02. The molecule has 0 bridgehead atoms. The first-order chi connectivity index (χ1) is 10.1. The highest BCUT2D eigenvalue weighted by Gasteiger charge is 2.18. The second-order valence-corrected chi connectivity index (χ2v) is 5.85. The zero-order valence-electron chi connectivity index (χ0n) is 12.1. The topological polar surface area (TPSA) is 59.8 Å². The number of amides is 1. The van der Waals surface area contributed by atoms with Crippen LogP contribution in [0.2, 0.25) is 0 Å². The fourth-order valence-corrected chi connectivity index (χ4v) is 2.67. The maximum Gasteiger partial charge on any atom is 0.237 e. The number of allylic oxidation sites excluding steroid dienone is 1. The predicted octanol–water partition coefficient (Wildman–Crippen LogP) is 2.89. The minimum absolute atomic E-state index is 0.0583. The maximum absolute atomic E-state index is 12.2. The normalized spacial score (nSPS) is 11.9. The summed E-state index contributed by atoms with van der Waals surface area (Å²) < 4.78 is 1.93. The molecule has 1 aromatic carbocycles. The van der Waals surface area contributed by atoms with E-state index in [0.29, 0.717) is 6.54 Å². The lowest BCUT2D eigenvalue weighted by Gasteiger charge is -2.12. The number of para-hydroxylation sites is 1. The lowest BCUT2D eigenvalue weighted by molar-refractivity contribution is -0.115. The van der Waals surface area contributed by atoms with Crippen LogP contribution in [0.3, 0.4) is 0 Å². The number of hydrogen-bond acceptors (Lipinski definition) is 4. The average Bonchev–Trinajstić information content (AvgIpc) is 2.82. The number of thioether (sulfide) groups is 1. The predicted molar refractivity (Wildman–Crippen MR) is 85.3 cm³/mol. The fraction of sp³-hybridized carbons (Fsp3) is 0.267. The van der Waals surface area contributed by atoms with Crippen LogP contribution in [-0.2, 0) is 11.3 Å². The number of benzene rings is 1. The number of nitrogens with zero attached hydrogens (tertiary/aromatic N) is 3. The van der Waals surface area contributed by atoms with Gasteiger partial charge in [0.1, 0.15) is 5.82 Å². The molecule has 2 aromatic rings. The van der Waals surface area contributed by atoms with Crippen LogP contribution in [0.25, 0.3) is 0 Å². The first-order valence-corrected chi connectivity index (χ1v) is 7.53. The van der Waals surface area contributed by atoms with Crippen LogP contribution >= 0.6 is 11.8 Å². The standard InChI is InChI=1S/C15H18N4OS/c1-4-10-19-12(3)17-18-15(19)21-11(2)14(20)16-13-8-6-5-7-9-13/h4-9,11H,1,10H2,2-3H3,(H,16,20). The van der Waals surface area contributed by atoms with E-state index in [0.717, 1.165) is 16.7 Å². The molecule has 0 radical (unpaired) electrons. The Kier molecular flexibility index (Phi) is 5.16. The summed E-state index contributed by atoms with van der Waals surface area (Å²) in [5.41, 5.74) is 0.790. The van der Waals surface area contributed by atoms with Crippen molar-refractivity contribution in [3.05, 3.63) is 48.8 Å². The molecule has 5 nitrogen and oxygen atoms in total. The van der Waals surface area contributed by atoms with Crippen molar-refractivity contribution in [2.45, 2.75) is 30.8 Å². The molecule has 2 rings (SSSR count). The third-order valence-electron chi connectivity index (χ3n) is 2.91. The van der Waals surface area contributed by atoms with Gasteiger partial charge in [-0.05, 0) is 26.0 Å². The van der Waals surface area contributed by atoms with Crippen molar-refractivity contribution in [3.63, 3.8) is 0 Å². The third-order valence-corrected chi connectivity index (χ3v) is 3.99. The maximum atomic E-state index is 12.2. The van der Waals surface area contributed by atoms with Crippen molar-refractivity contribution in [1.82, 2.24) is 14.8 Å². The summed E-state index contributed by atoms with van der Waals surface area (Å²) in [4.78, 5) is 12.2. The lowest BCUT2D eigenvalue weighted by Crippen LogP contribution is -2.22. The van der Waals surface area contributed by atoms with E-state index in [1.165, 1.54) is 11.8 Å². The first kappa shape index (κ1) is 15.3. The highest BCUT2D eigenvalue weighted by atomic mass is 32.2. The van der Waals surface area contributed by atoms with Gasteiger partial charge in [0.15, 0.2) is 5.16 Å². The van der Waals surface area contributed by atoms with E-state index >= 15 is 0 Å². The SMILES string of the molecule is C=CCn1c(C)nnc1SC(C)C(=O)Nc1ccccc1. The molecule has 1 amide bonds. The Hall–Kier alpha value is -2.08. The highest BCUT2D eigenvalue weighted by molar-refractivity contribution is 8.00. The third kappa shape index (κ3) is 3.95. The number of carbonyl (C=O) groups is 1. The van der Waals surface area contributed by atoms with Gasteiger partial charge in [-0.15, -0.1) is 16.8 Å². The molecule has 1 atom stereocenters. The van der Waals surface area contributed by atoms with Gasteiger partial charge in [-0.2, -0.15) is 0 Å². The smallest absolute Gasteiger partial charge is 0.237 e. The molecule has 0 aliphatic heterocycles. The fourth-order valence-electron chi connectivity index (χ4n) is 1.77. The van der Waals surface area contributed by atoms with Crippen molar-refractivity contribution in [2.75, 3.05) is 5.32 Å². The van der Waals surface area contributed by atoms with Crippen LogP contribution in [0.5, 0.6) is 0 Å². The van der Waals surface area contributed by atoms with E-state index in [9.17, 15) is 4.79 Å². The molecule has 1 aromatic heterocycles. The van der Waals surface area contributed by atoms with E-state index in [-0.39, 0.29) is 11.2 Å². The number of anilines is 1. The quantitative estimate of drug-likeness (QED) is 0.658. The molecule has 110 valence electrons. The second kappa shape index (κ2) is 7.08. The summed E-state index contributed by atoms with van der Waals surface area (Å²) in [5.74, 6) is 0.755. The highest BCUT2D eigenvalue weighted by Crippen LogP contribution is 2.23. The zero-order chi connectivity index (χ0) is 15.2. The first-order valence-electron chi connectivity index (χ1n) is 6.65. The van der Waals surface area contributed by atoms with Crippen LogP contribution < -0.4 is 5.32 Å². The van der Waals surface area contributed by atoms with Crippen LogP contribution in [0, 0.1) is 6.92 Å². The van der Waals surface area contributed by atoms with Crippen LogP contribution in [0.1, 0.15) is 12.7 Å². The van der Waals surface area contributed by atoms with Crippen molar-refractivity contribution < 1.29 is 4.79 Å². The monoisotopic (exact) mass is 302 g/mol. The van der Waals surface area contributed by atoms with Crippen molar-refractivity contribution >= 4 is 23.4 Å². The van der Waals surface area contributed by atoms with Crippen molar-refractivity contribution in [3.8, 4) is 0 Å². The lowest BCUT2D eigenvalue weighted by atomic mass is 10.3. The summed E-state index contributed by atoms with van der Waals surface area (Å²) in [6.07, 6.45) is 1.79. The Bertz CT molecular complexity index is 624. The van der Waals surface area contributed by atoms with Crippen molar-refractivity contribution in [2.24, 2.45) is 0 Å². The number of hydrogen-bond donors (Lipinski definition) is 1. The molecular formula is C15H18N4OS. The molecule has 0 aliphatic carbocycles. The van der Waals surface area contributed by atoms with Gasteiger partial charge in [0.05, 0.1) is 5.25 Å². The number of carbonyl (C=O) groups excluding carboxylic acids is 1. The minimum Gasteiger partial charge on any atom is -0.325 e. The summed E-state index contributed by atoms with van der Waals surface area (Å²) in [6, 6.07) is 9.41. The van der Waals surface area contributed by atoms with E-state index in [4.69, 9.17) is 0 Å². The molecule has 0 fully saturated rings. The molecule has 0 saturated heterocycles. The molecule has 21 heavy (non-hydrogen) atoms. The molecule has 1 N–H and O–H groups in total. The minimum atomic E-state index is -0.266. The van der Waals surface area contributed by atoms with Crippen LogP contribution in [-0.4, -0.2) is 25.9 Å². The number of nitrogens with one attached hydrogen (secondary N) is 1. The van der Waals surface area contributed by atoms with E-state index in [1.54, 1.807) is 6.08 Å². The molecule has 6 heteroatoms.